The molecule has 0 unspecified atom stereocenters. The molecular weight excluding hydrogens is 258 g/mol. The van der Waals surface area contributed by atoms with Gasteiger partial charge in [-0.3, -0.25) is 4.98 Å². The molecule has 1 aromatic heterocycles. The summed E-state index contributed by atoms with van der Waals surface area (Å²) in [5.74, 6) is 0. The summed E-state index contributed by atoms with van der Waals surface area (Å²) in [5.41, 5.74) is 5.05. The average molecular weight is 278 g/mol. The molecule has 2 aromatic rings. The highest BCUT2D eigenvalue weighted by molar-refractivity contribution is 5.94. The fraction of sp³-hybridized carbons (Fsp3) is 0.400. The topological polar surface area (TPSA) is 28.2 Å². The van der Waals surface area contributed by atoms with Crippen LogP contribution in [0.2, 0.25) is 0 Å². The fourth-order valence-corrected chi connectivity index (χ4v) is 2.82. The Morgan fingerprint density at radius 3 is 2.63 bits per heavy atom. The van der Waals surface area contributed by atoms with Crippen LogP contribution in [-0.4, -0.2) is 31.2 Å². The van der Waals surface area contributed by atoms with Gasteiger partial charge in [0.2, 0.25) is 0 Å². The number of fused-ring (bicyclic) bond motifs is 1. The SMILES string of the molecule is Cc1cc(C)c2c(N3CCNCC3)ccnc2c1.Cl. The third-order valence-electron chi connectivity index (χ3n) is 3.62. The van der Waals surface area contributed by atoms with Crippen LogP contribution in [-0.2, 0) is 0 Å². The molecule has 3 rings (SSSR count). The first-order chi connectivity index (χ1) is 8.75. The second-order valence-corrected chi connectivity index (χ2v) is 5.04. The van der Waals surface area contributed by atoms with E-state index < -0.39 is 0 Å². The van der Waals surface area contributed by atoms with E-state index in [1.165, 1.54) is 22.2 Å². The van der Waals surface area contributed by atoms with Crippen molar-refractivity contribution in [2.24, 2.45) is 0 Å². The first-order valence-corrected chi connectivity index (χ1v) is 6.57. The number of nitrogens with zero attached hydrogens (tertiary/aromatic N) is 2. The van der Waals surface area contributed by atoms with Crippen molar-refractivity contribution < 1.29 is 0 Å². The average Bonchev–Trinajstić information content (AvgIpc) is 2.38. The lowest BCUT2D eigenvalue weighted by atomic mass is 10.0. The number of hydrogen-bond donors (Lipinski definition) is 1. The Bertz CT molecular complexity index is 577. The van der Waals surface area contributed by atoms with E-state index in [2.05, 4.69) is 47.2 Å². The van der Waals surface area contributed by atoms with Gasteiger partial charge in [-0.2, -0.15) is 0 Å². The molecule has 1 aromatic carbocycles. The lowest BCUT2D eigenvalue weighted by Gasteiger charge is -2.30. The van der Waals surface area contributed by atoms with Crippen LogP contribution in [0.25, 0.3) is 10.9 Å². The molecule has 1 aliphatic heterocycles. The molecule has 3 nitrogen and oxygen atoms in total. The van der Waals surface area contributed by atoms with Crippen LogP contribution in [0.15, 0.2) is 24.4 Å². The highest BCUT2D eigenvalue weighted by Crippen LogP contribution is 2.29. The first kappa shape index (κ1) is 14.1. The third-order valence-corrected chi connectivity index (χ3v) is 3.62. The van der Waals surface area contributed by atoms with Crippen LogP contribution in [0.5, 0.6) is 0 Å². The maximum Gasteiger partial charge on any atom is 0.0728 e. The summed E-state index contributed by atoms with van der Waals surface area (Å²) in [4.78, 5) is 6.98. The Balaban J connectivity index is 0.00000133. The van der Waals surface area contributed by atoms with Crippen molar-refractivity contribution in [2.75, 3.05) is 31.1 Å². The Kier molecular flexibility index (Phi) is 4.27. The number of aryl methyl sites for hydroxylation is 2. The molecule has 19 heavy (non-hydrogen) atoms. The molecule has 0 spiro atoms. The van der Waals surface area contributed by atoms with E-state index in [0.29, 0.717) is 0 Å². The number of pyridine rings is 1. The van der Waals surface area contributed by atoms with Crippen LogP contribution in [0.3, 0.4) is 0 Å². The van der Waals surface area contributed by atoms with Crippen LogP contribution < -0.4 is 10.2 Å². The summed E-state index contributed by atoms with van der Waals surface area (Å²) in [6, 6.07) is 6.57. The zero-order valence-corrected chi connectivity index (χ0v) is 12.3. The van der Waals surface area contributed by atoms with E-state index in [9.17, 15) is 0 Å². The molecule has 0 amide bonds. The van der Waals surface area contributed by atoms with Gasteiger partial charge in [0.05, 0.1) is 5.52 Å². The van der Waals surface area contributed by atoms with Crippen molar-refractivity contribution >= 4 is 29.0 Å². The molecule has 0 radical (unpaired) electrons. The Morgan fingerprint density at radius 2 is 1.89 bits per heavy atom. The Labute approximate surface area is 120 Å². The summed E-state index contributed by atoms with van der Waals surface area (Å²) in [6.07, 6.45) is 1.93. The molecule has 0 aliphatic carbocycles. The first-order valence-electron chi connectivity index (χ1n) is 6.57. The van der Waals surface area contributed by atoms with Crippen LogP contribution in [0.4, 0.5) is 5.69 Å². The van der Waals surface area contributed by atoms with Gasteiger partial charge in [-0.15, -0.1) is 12.4 Å². The Morgan fingerprint density at radius 1 is 1.16 bits per heavy atom. The number of benzene rings is 1. The molecule has 1 saturated heterocycles. The molecule has 1 aliphatic rings. The predicted octanol–water partition coefficient (Wildman–Crippen LogP) is 2.68. The summed E-state index contributed by atoms with van der Waals surface area (Å²) >= 11 is 0. The van der Waals surface area contributed by atoms with E-state index in [-0.39, 0.29) is 12.4 Å². The molecule has 4 heteroatoms. The summed E-state index contributed by atoms with van der Waals surface area (Å²) < 4.78 is 0. The lowest BCUT2D eigenvalue weighted by Crippen LogP contribution is -2.43. The minimum absolute atomic E-state index is 0. The lowest BCUT2D eigenvalue weighted by molar-refractivity contribution is 0.590. The van der Waals surface area contributed by atoms with E-state index in [0.717, 1.165) is 31.7 Å². The molecular formula is C15H20ClN3. The zero-order valence-electron chi connectivity index (χ0n) is 11.4. The minimum Gasteiger partial charge on any atom is -0.368 e. The van der Waals surface area contributed by atoms with Crippen LogP contribution in [0, 0.1) is 13.8 Å². The van der Waals surface area contributed by atoms with Crippen molar-refractivity contribution in [1.29, 1.82) is 0 Å². The molecule has 2 heterocycles. The van der Waals surface area contributed by atoms with Crippen molar-refractivity contribution in [3.8, 4) is 0 Å². The molecule has 1 fully saturated rings. The van der Waals surface area contributed by atoms with E-state index in [1.54, 1.807) is 0 Å². The van der Waals surface area contributed by atoms with Gasteiger partial charge in [0.1, 0.15) is 0 Å². The number of anilines is 1. The highest BCUT2D eigenvalue weighted by Gasteiger charge is 2.14. The maximum atomic E-state index is 4.52. The number of rotatable bonds is 1. The second-order valence-electron chi connectivity index (χ2n) is 5.04. The van der Waals surface area contributed by atoms with Crippen molar-refractivity contribution in [1.82, 2.24) is 10.3 Å². The number of piperazine rings is 1. The smallest absolute Gasteiger partial charge is 0.0728 e. The number of halogens is 1. The van der Waals surface area contributed by atoms with Crippen molar-refractivity contribution in [3.63, 3.8) is 0 Å². The fourth-order valence-electron chi connectivity index (χ4n) is 2.82. The monoisotopic (exact) mass is 277 g/mol. The summed E-state index contributed by atoms with van der Waals surface area (Å²) in [7, 11) is 0. The van der Waals surface area contributed by atoms with Gasteiger partial charge in [0, 0.05) is 43.4 Å². The maximum absolute atomic E-state index is 4.52. The van der Waals surface area contributed by atoms with Gasteiger partial charge < -0.3 is 10.2 Å². The van der Waals surface area contributed by atoms with Crippen LogP contribution >= 0.6 is 12.4 Å². The van der Waals surface area contributed by atoms with E-state index in [4.69, 9.17) is 0 Å². The van der Waals surface area contributed by atoms with Gasteiger partial charge in [0.15, 0.2) is 0 Å². The number of nitrogens with one attached hydrogen (secondary N) is 1. The van der Waals surface area contributed by atoms with Gasteiger partial charge in [-0.1, -0.05) is 6.07 Å². The third kappa shape index (κ3) is 2.67. The Hall–Kier alpha value is -1.32. The zero-order chi connectivity index (χ0) is 12.5. The number of aromatic nitrogens is 1. The highest BCUT2D eigenvalue weighted by atomic mass is 35.5. The van der Waals surface area contributed by atoms with Crippen molar-refractivity contribution in [3.05, 3.63) is 35.5 Å². The van der Waals surface area contributed by atoms with E-state index in [1.807, 2.05) is 6.20 Å². The summed E-state index contributed by atoms with van der Waals surface area (Å²) in [5, 5.41) is 4.71. The molecule has 0 saturated carbocycles. The standard InChI is InChI=1S/C15H19N3.ClH/c1-11-9-12(2)15-13(10-11)17-4-3-14(15)18-7-5-16-6-8-18;/h3-4,9-10,16H,5-8H2,1-2H3;1H. The van der Waals surface area contributed by atoms with Crippen molar-refractivity contribution in [2.45, 2.75) is 13.8 Å². The number of hydrogen-bond acceptors (Lipinski definition) is 3. The molecule has 102 valence electrons. The minimum atomic E-state index is 0. The molecule has 1 N–H and O–H groups in total. The second kappa shape index (κ2) is 5.76. The predicted molar refractivity (Wildman–Crippen MR) is 83.5 cm³/mol. The van der Waals surface area contributed by atoms with Gasteiger partial charge >= 0.3 is 0 Å². The van der Waals surface area contributed by atoms with E-state index >= 15 is 0 Å². The largest absolute Gasteiger partial charge is 0.368 e. The quantitative estimate of drug-likeness (QED) is 0.869. The van der Waals surface area contributed by atoms with Gasteiger partial charge in [0.25, 0.3) is 0 Å². The molecule has 0 atom stereocenters. The van der Waals surface area contributed by atoms with Gasteiger partial charge in [-0.25, -0.2) is 0 Å². The summed E-state index contributed by atoms with van der Waals surface area (Å²) in [6.45, 7) is 8.59. The van der Waals surface area contributed by atoms with Gasteiger partial charge in [-0.05, 0) is 37.1 Å². The van der Waals surface area contributed by atoms with Crippen LogP contribution in [0.1, 0.15) is 11.1 Å². The normalized spacial score (nSPS) is 15.4. The molecule has 0 bridgehead atoms.